The van der Waals surface area contributed by atoms with Gasteiger partial charge in [-0.25, -0.2) is 0 Å². The summed E-state index contributed by atoms with van der Waals surface area (Å²) in [6.45, 7) is 13.2. The lowest BCUT2D eigenvalue weighted by Crippen LogP contribution is -2.40. The Morgan fingerprint density at radius 1 is 1.42 bits per heavy atom. The zero-order chi connectivity index (χ0) is 13.9. The summed E-state index contributed by atoms with van der Waals surface area (Å²) >= 11 is 0. The number of nitrogens with one attached hydrogen (secondary N) is 1. The van der Waals surface area contributed by atoms with Crippen LogP contribution < -0.4 is 5.32 Å². The number of hydrogen-bond donors (Lipinski definition) is 1. The molecular weight excluding hydrogens is 240 g/mol. The third-order valence-electron chi connectivity index (χ3n) is 3.34. The Kier molecular flexibility index (Phi) is 4.66. The van der Waals surface area contributed by atoms with Gasteiger partial charge in [-0.3, -0.25) is 4.90 Å². The van der Waals surface area contributed by atoms with Crippen molar-refractivity contribution in [2.24, 2.45) is 0 Å². The van der Waals surface area contributed by atoms with E-state index in [4.69, 9.17) is 9.15 Å². The Morgan fingerprint density at radius 3 is 2.89 bits per heavy atom. The summed E-state index contributed by atoms with van der Waals surface area (Å²) in [5, 5.41) is 3.51. The zero-order valence-corrected chi connectivity index (χ0v) is 12.5. The zero-order valence-electron chi connectivity index (χ0n) is 12.5. The maximum Gasteiger partial charge on any atom is 0.122 e. The average Bonchev–Trinajstić information content (AvgIpc) is 2.73. The van der Waals surface area contributed by atoms with Gasteiger partial charge in [0.1, 0.15) is 5.76 Å². The van der Waals surface area contributed by atoms with E-state index in [1.807, 2.05) is 0 Å². The summed E-state index contributed by atoms with van der Waals surface area (Å²) in [7, 11) is 0. The molecule has 108 valence electrons. The van der Waals surface area contributed by atoms with Crippen LogP contribution >= 0.6 is 0 Å². The third-order valence-corrected chi connectivity index (χ3v) is 3.34. The van der Waals surface area contributed by atoms with Crippen LogP contribution in [0.3, 0.4) is 0 Å². The Morgan fingerprint density at radius 2 is 2.21 bits per heavy atom. The largest absolute Gasteiger partial charge is 0.468 e. The van der Waals surface area contributed by atoms with Gasteiger partial charge < -0.3 is 14.5 Å². The molecule has 0 radical (unpaired) electrons. The van der Waals surface area contributed by atoms with Crippen LogP contribution in [0.15, 0.2) is 16.7 Å². The molecule has 0 bridgehead atoms. The summed E-state index contributed by atoms with van der Waals surface area (Å²) in [5.41, 5.74) is 1.39. The van der Waals surface area contributed by atoms with Crippen LogP contribution in [-0.4, -0.2) is 36.2 Å². The first-order valence-electron chi connectivity index (χ1n) is 7.08. The van der Waals surface area contributed by atoms with E-state index in [0.717, 1.165) is 38.5 Å². The van der Waals surface area contributed by atoms with Gasteiger partial charge in [0.15, 0.2) is 0 Å². The molecule has 1 unspecified atom stereocenters. The highest BCUT2D eigenvalue weighted by Gasteiger charge is 2.19. The molecule has 0 aromatic carbocycles. The van der Waals surface area contributed by atoms with Gasteiger partial charge >= 0.3 is 0 Å². The minimum Gasteiger partial charge on any atom is -0.468 e. The molecule has 4 heteroatoms. The van der Waals surface area contributed by atoms with E-state index in [2.05, 4.69) is 44.0 Å². The number of nitrogens with zero attached hydrogens (tertiary/aromatic N) is 1. The van der Waals surface area contributed by atoms with Gasteiger partial charge in [-0.2, -0.15) is 0 Å². The van der Waals surface area contributed by atoms with Crippen molar-refractivity contribution in [3.8, 4) is 0 Å². The Labute approximate surface area is 116 Å². The maximum absolute atomic E-state index is 5.65. The molecule has 0 saturated carbocycles. The number of rotatable bonds is 4. The van der Waals surface area contributed by atoms with Crippen molar-refractivity contribution < 1.29 is 9.15 Å². The molecule has 1 aliphatic rings. The minimum atomic E-state index is 0.127. The van der Waals surface area contributed by atoms with Crippen LogP contribution in [0.25, 0.3) is 0 Å². The SMILES string of the molecule is CC1CN(Cc2occc2CNC(C)(C)C)CCO1. The Bertz CT molecular complexity index is 395. The second-order valence-electron chi connectivity index (χ2n) is 6.39. The van der Waals surface area contributed by atoms with Gasteiger partial charge in [-0.1, -0.05) is 0 Å². The lowest BCUT2D eigenvalue weighted by Gasteiger charge is -2.30. The van der Waals surface area contributed by atoms with Crippen LogP contribution in [0.5, 0.6) is 0 Å². The highest BCUT2D eigenvalue weighted by Crippen LogP contribution is 2.16. The van der Waals surface area contributed by atoms with Crippen LogP contribution in [0.4, 0.5) is 0 Å². The van der Waals surface area contributed by atoms with Gasteiger partial charge in [0.05, 0.1) is 25.5 Å². The number of morpholine rings is 1. The first kappa shape index (κ1) is 14.6. The highest BCUT2D eigenvalue weighted by molar-refractivity contribution is 5.17. The standard InChI is InChI=1S/C15H26N2O2/c1-12-10-17(6-8-18-12)11-14-13(5-7-19-14)9-16-15(2,3)4/h5,7,12,16H,6,8-11H2,1-4H3. The van der Waals surface area contributed by atoms with Gasteiger partial charge in [0.25, 0.3) is 0 Å². The van der Waals surface area contributed by atoms with Crippen molar-refractivity contribution in [1.29, 1.82) is 0 Å². The van der Waals surface area contributed by atoms with Crippen LogP contribution in [0.1, 0.15) is 39.0 Å². The summed E-state index contributed by atoms with van der Waals surface area (Å²) in [6.07, 6.45) is 2.11. The molecule has 1 saturated heterocycles. The van der Waals surface area contributed by atoms with E-state index in [-0.39, 0.29) is 5.54 Å². The molecule has 1 atom stereocenters. The van der Waals surface area contributed by atoms with E-state index >= 15 is 0 Å². The molecule has 1 fully saturated rings. The van der Waals surface area contributed by atoms with Crippen molar-refractivity contribution in [2.45, 2.75) is 52.4 Å². The van der Waals surface area contributed by atoms with Crippen molar-refractivity contribution in [3.05, 3.63) is 23.7 Å². The molecule has 1 aromatic rings. The second-order valence-corrected chi connectivity index (χ2v) is 6.39. The summed E-state index contributed by atoms with van der Waals surface area (Å²) in [4.78, 5) is 2.40. The molecule has 1 N–H and O–H groups in total. The lowest BCUT2D eigenvalue weighted by molar-refractivity contribution is -0.0232. The van der Waals surface area contributed by atoms with Crippen LogP contribution in [0, 0.1) is 0 Å². The second kappa shape index (κ2) is 6.07. The van der Waals surface area contributed by atoms with Crippen molar-refractivity contribution in [2.75, 3.05) is 19.7 Å². The van der Waals surface area contributed by atoms with Crippen molar-refractivity contribution in [1.82, 2.24) is 10.2 Å². The topological polar surface area (TPSA) is 37.6 Å². The fourth-order valence-electron chi connectivity index (χ4n) is 2.26. The van der Waals surface area contributed by atoms with Crippen molar-refractivity contribution in [3.63, 3.8) is 0 Å². The molecule has 2 heterocycles. The summed E-state index contributed by atoms with van der Waals surface area (Å²) in [5.74, 6) is 1.07. The number of ether oxygens (including phenoxy) is 1. The quantitative estimate of drug-likeness (QED) is 0.908. The van der Waals surface area contributed by atoms with Gasteiger partial charge in [-0.15, -0.1) is 0 Å². The third kappa shape index (κ3) is 4.64. The number of hydrogen-bond acceptors (Lipinski definition) is 4. The first-order chi connectivity index (χ1) is 8.94. The fourth-order valence-corrected chi connectivity index (χ4v) is 2.26. The van der Waals surface area contributed by atoms with E-state index in [0.29, 0.717) is 6.10 Å². The van der Waals surface area contributed by atoms with E-state index in [1.165, 1.54) is 5.56 Å². The molecule has 0 spiro atoms. The molecule has 1 aliphatic heterocycles. The van der Waals surface area contributed by atoms with E-state index in [1.54, 1.807) is 6.26 Å². The molecule has 19 heavy (non-hydrogen) atoms. The normalized spacial score (nSPS) is 21.8. The molecule has 0 aliphatic carbocycles. The van der Waals surface area contributed by atoms with E-state index in [9.17, 15) is 0 Å². The minimum absolute atomic E-state index is 0.127. The summed E-state index contributed by atoms with van der Waals surface area (Å²) < 4.78 is 11.2. The van der Waals surface area contributed by atoms with Crippen LogP contribution in [0.2, 0.25) is 0 Å². The molecular formula is C15H26N2O2. The smallest absolute Gasteiger partial charge is 0.122 e. The van der Waals surface area contributed by atoms with E-state index < -0.39 is 0 Å². The maximum atomic E-state index is 5.65. The van der Waals surface area contributed by atoms with Gasteiger partial charge in [0.2, 0.25) is 0 Å². The molecule has 4 nitrogen and oxygen atoms in total. The average molecular weight is 266 g/mol. The molecule has 0 amide bonds. The highest BCUT2D eigenvalue weighted by atomic mass is 16.5. The van der Waals surface area contributed by atoms with Crippen molar-refractivity contribution >= 4 is 0 Å². The molecule has 1 aromatic heterocycles. The monoisotopic (exact) mass is 266 g/mol. The number of furan rings is 1. The van der Waals surface area contributed by atoms with Gasteiger partial charge in [-0.05, 0) is 33.8 Å². The fraction of sp³-hybridized carbons (Fsp3) is 0.733. The predicted octanol–water partition coefficient (Wildman–Crippen LogP) is 2.39. The Hall–Kier alpha value is -0.840. The molecule has 2 rings (SSSR count). The summed E-state index contributed by atoms with van der Waals surface area (Å²) in [6, 6.07) is 2.07. The van der Waals surface area contributed by atoms with Gasteiger partial charge in [0, 0.05) is 30.7 Å². The Balaban J connectivity index is 1.91. The predicted molar refractivity (Wildman–Crippen MR) is 76.0 cm³/mol. The van der Waals surface area contributed by atoms with Crippen LogP contribution in [-0.2, 0) is 17.8 Å². The first-order valence-corrected chi connectivity index (χ1v) is 7.08. The lowest BCUT2D eigenvalue weighted by atomic mass is 10.1.